The lowest BCUT2D eigenvalue weighted by molar-refractivity contribution is -0.999. The van der Waals surface area contributed by atoms with E-state index >= 15 is 0 Å². The third-order valence-corrected chi connectivity index (χ3v) is 4.58. The molecule has 2 heterocycles. The zero-order valence-corrected chi connectivity index (χ0v) is 14.1. The molecule has 1 aromatic carbocycles. The lowest BCUT2D eigenvalue weighted by atomic mass is 10.2. The number of hydrogen-bond donors (Lipinski definition) is 4. The number of likely N-dealkylation sites (N-methyl/N-ethyl adjacent to an activating group) is 1. The maximum absolute atomic E-state index is 12.5. The van der Waals surface area contributed by atoms with Crippen molar-refractivity contribution in [2.24, 2.45) is 0 Å². The molecule has 1 aromatic heterocycles. The molecule has 0 atom stereocenters. The van der Waals surface area contributed by atoms with E-state index in [1.165, 1.54) is 16.9 Å². The molecular formula is C17H24N4O3+2. The summed E-state index contributed by atoms with van der Waals surface area (Å²) in [5, 5.41) is 3.72. The molecule has 1 saturated heterocycles. The minimum Gasteiger partial charge on any atom is -0.464 e. The monoisotopic (exact) mass is 332 g/mol. The van der Waals surface area contributed by atoms with Gasteiger partial charge in [-0.2, -0.15) is 0 Å². The Morgan fingerprint density at radius 2 is 1.92 bits per heavy atom. The highest BCUT2D eigenvalue weighted by Crippen LogP contribution is 2.28. The van der Waals surface area contributed by atoms with E-state index in [0.717, 1.165) is 37.1 Å². The SMILES string of the molecule is COC(=O)c1[nH]c2ccccc2c1NC(=O)C[NH+]1CC[NH+](C)CC1. The lowest BCUT2D eigenvalue weighted by Gasteiger charge is -2.26. The maximum Gasteiger partial charge on any atom is 0.356 e. The van der Waals surface area contributed by atoms with Gasteiger partial charge < -0.3 is 24.8 Å². The van der Waals surface area contributed by atoms with Crippen LogP contribution in [-0.2, 0) is 9.53 Å². The number of amides is 1. The molecule has 1 amide bonds. The van der Waals surface area contributed by atoms with Gasteiger partial charge in [0.25, 0.3) is 5.91 Å². The van der Waals surface area contributed by atoms with Crippen molar-refractivity contribution in [3.8, 4) is 0 Å². The van der Waals surface area contributed by atoms with Crippen LogP contribution in [0.15, 0.2) is 24.3 Å². The largest absolute Gasteiger partial charge is 0.464 e. The van der Waals surface area contributed by atoms with Gasteiger partial charge in [0.2, 0.25) is 0 Å². The molecule has 24 heavy (non-hydrogen) atoms. The number of rotatable bonds is 4. The van der Waals surface area contributed by atoms with E-state index in [2.05, 4.69) is 17.3 Å². The summed E-state index contributed by atoms with van der Waals surface area (Å²) < 4.78 is 4.82. The number of aromatic nitrogens is 1. The van der Waals surface area contributed by atoms with Gasteiger partial charge in [0.1, 0.15) is 31.9 Å². The molecule has 0 saturated carbocycles. The maximum atomic E-state index is 12.5. The quantitative estimate of drug-likeness (QED) is 0.504. The fraction of sp³-hybridized carbons (Fsp3) is 0.412. The first kappa shape index (κ1) is 16.5. The van der Waals surface area contributed by atoms with Crippen LogP contribution in [0.4, 0.5) is 5.69 Å². The Bertz CT molecular complexity index is 747. The van der Waals surface area contributed by atoms with E-state index in [1.807, 2.05) is 24.3 Å². The number of carbonyl (C=O) groups excluding carboxylic acids is 2. The minimum absolute atomic E-state index is 0.0838. The first-order valence-corrected chi connectivity index (χ1v) is 8.22. The predicted octanol–water partition coefficient (Wildman–Crippen LogP) is -1.69. The summed E-state index contributed by atoms with van der Waals surface area (Å²) in [5.41, 5.74) is 1.58. The summed E-state index contributed by atoms with van der Waals surface area (Å²) >= 11 is 0. The van der Waals surface area contributed by atoms with Crippen molar-refractivity contribution in [3.05, 3.63) is 30.0 Å². The molecule has 7 heteroatoms. The first-order valence-electron chi connectivity index (χ1n) is 8.22. The van der Waals surface area contributed by atoms with Gasteiger partial charge in [0.15, 0.2) is 6.54 Å². The number of esters is 1. The summed E-state index contributed by atoms with van der Waals surface area (Å²) in [7, 11) is 3.50. The minimum atomic E-state index is -0.489. The van der Waals surface area contributed by atoms with Gasteiger partial charge in [0.05, 0.1) is 19.8 Å². The number of fused-ring (bicyclic) bond motifs is 1. The molecule has 0 radical (unpaired) electrons. The number of ether oxygens (including phenoxy) is 1. The molecule has 7 nitrogen and oxygen atoms in total. The lowest BCUT2D eigenvalue weighted by Crippen LogP contribution is -3.27. The topological polar surface area (TPSA) is 80.1 Å². The van der Waals surface area contributed by atoms with Crippen LogP contribution in [0.3, 0.4) is 0 Å². The third-order valence-electron chi connectivity index (χ3n) is 4.58. The van der Waals surface area contributed by atoms with Crippen molar-refractivity contribution in [1.29, 1.82) is 0 Å². The van der Waals surface area contributed by atoms with Crippen molar-refractivity contribution >= 4 is 28.5 Å². The van der Waals surface area contributed by atoms with Gasteiger partial charge in [-0.25, -0.2) is 4.79 Å². The molecule has 0 aliphatic carbocycles. The summed E-state index contributed by atoms with van der Waals surface area (Å²) in [6.07, 6.45) is 0. The Labute approximate surface area is 140 Å². The highest BCUT2D eigenvalue weighted by Gasteiger charge is 2.25. The zero-order valence-electron chi connectivity index (χ0n) is 14.1. The van der Waals surface area contributed by atoms with Crippen molar-refractivity contribution in [2.75, 3.05) is 52.2 Å². The molecule has 4 N–H and O–H groups in total. The molecule has 0 unspecified atom stereocenters. The fourth-order valence-electron chi connectivity index (χ4n) is 3.14. The van der Waals surface area contributed by atoms with Crippen molar-refractivity contribution in [2.45, 2.75) is 0 Å². The zero-order chi connectivity index (χ0) is 17.1. The first-order chi connectivity index (χ1) is 11.6. The van der Waals surface area contributed by atoms with Gasteiger partial charge in [-0.15, -0.1) is 0 Å². The smallest absolute Gasteiger partial charge is 0.356 e. The molecule has 1 aliphatic rings. The van der Waals surface area contributed by atoms with E-state index in [1.54, 1.807) is 0 Å². The molecule has 2 aromatic rings. The van der Waals surface area contributed by atoms with Gasteiger partial charge in [-0.05, 0) is 6.07 Å². The van der Waals surface area contributed by atoms with Crippen LogP contribution in [0.2, 0.25) is 0 Å². The van der Waals surface area contributed by atoms with Gasteiger partial charge in [-0.1, -0.05) is 18.2 Å². The number of nitrogens with one attached hydrogen (secondary N) is 4. The number of hydrogen-bond acceptors (Lipinski definition) is 3. The Balaban J connectivity index is 1.78. The Morgan fingerprint density at radius 1 is 1.21 bits per heavy atom. The highest BCUT2D eigenvalue weighted by atomic mass is 16.5. The van der Waals surface area contributed by atoms with Crippen LogP contribution in [0, 0.1) is 0 Å². The number of benzene rings is 1. The van der Waals surface area contributed by atoms with Crippen LogP contribution in [-0.4, -0.2) is 63.7 Å². The van der Waals surface area contributed by atoms with Crippen molar-refractivity contribution in [1.82, 2.24) is 4.98 Å². The molecule has 1 aliphatic heterocycles. The number of carbonyl (C=O) groups is 2. The van der Waals surface area contributed by atoms with E-state index < -0.39 is 5.97 Å². The number of para-hydroxylation sites is 1. The van der Waals surface area contributed by atoms with E-state index in [9.17, 15) is 9.59 Å². The standard InChI is InChI=1S/C17H22N4O3/c1-20-7-9-21(10-8-20)11-14(22)19-15-12-5-3-4-6-13(12)18-16(15)17(23)24-2/h3-6,18H,7-11H2,1-2H3,(H,19,22)/p+2. The van der Waals surface area contributed by atoms with Crippen molar-refractivity contribution in [3.63, 3.8) is 0 Å². The Kier molecular flexibility index (Phi) is 4.82. The fourth-order valence-corrected chi connectivity index (χ4v) is 3.14. The summed E-state index contributed by atoms with van der Waals surface area (Å²) in [6.45, 7) is 4.52. The van der Waals surface area contributed by atoms with Crippen LogP contribution < -0.4 is 15.1 Å². The molecule has 3 rings (SSSR count). The van der Waals surface area contributed by atoms with Gasteiger partial charge >= 0.3 is 5.97 Å². The molecule has 128 valence electrons. The summed E-state index contributed by atoms with van der Waals surface area (Å²) in [5.74, 6) is -0.573. The van der Waals surface area contributed by atoms with E-state index in [0.29, 0.717) is 12.2 Å². The summed E-state index contributed by atoms with van der Waals surface area (Å²) in [6, 6.07) is 7.50. The molecule has 1 fully saturated rings. The van der Waals surface area contributed by atoms with Crippen LogP contribution >= 0.6 is 0 Å². The van der Waals surface area contributed by atoms with Crippen LogP contribution in [0.25, 0.3) is 10.9 Å². The van der Waals surface area contributed by atoms with Crippen LogP contribution in [0.5, 0.6) is 0 Å². The Hall–Kier alpha value is -2.38. The summed E-state index contributed by atoms with van der Waals surface area (Å²) in [4.78, 5) is 30.3. The Morgan fingerprint density at radius 3 is 2.62 bits per heavy atom. The average Bonchev–Trinajstić information content (AvgIpc) is 2.95. The predicted molar refractivity (Wildman–Crippen MR) is 90.5 cm³/mol. The van der Waals surface area contributed by atoms with E-state index in [-0.39, 0.29) is 11.6 Å². The number of quaternary nitrogens is 2. The second-order valence-electron chi connectivity index (χ2n) is 6.34. The molecule has 0 spiro atoms. The van der Waals surface area contributed by atoms with Gasteiger partial charge in [-0.3, -0.25) is 4.79 Å². The van der Waals surface area contributed by atoms with Gasteiger partial charge in [0, 0.05) is 10.9 Å². The third kappa shape index (κ3) is 3.42. The number of aromatic amines is 1. The molecule has 0 bridgehead atoms. The van der Waals surface area contributed by atoms with Crippen LogP contribution in [0.1, 0.15) is 10.5 Å². The normalized spacial score (nSPS) is 20.8. The number of anilines is 1. The second kappa shape index (κ2) is 7.02. The average molecular weight is 332 g/mol. The molecular weight excluding hydrogens is 308 g/mol. The number of H-pyrrole nitrogens is 1. The van der Waals surface area contributed by atoms with Crippen molar-refractivity contribution < 1.29 is 24.1 Å². The second-order valence-corrected chi connectivity index (χ2v) is 6.34. The van der Waals surface area contributed by atoms with E-state index in [4.69, 9.17) is 4.74 Å². The number of piperazine rings is 1. The highest BCUT2D eigenvalue weighted by molar-refractivity contribution is 6.11. The number of methoxy groups -OCH3 is 1.